The van der Waals surface area contributed by atoms with Crippen molar-refractivity contribution in [2.45, 2.75) is 63.6 Å². The first-order valence-corrected chi connectivity index (χ1v) is 14.9. The Balaban J connectivity index is 1.15. The van der Waals surface area contributed by atoms with Crippen LogP contribution in [0, 0.1) is 11.3 Å². The zero-order chi connectivity index (χ0) is 29.7. The number of nitrogens with one attached hydrogen (secondary N) is 2. The first kappa shape index (κ1) is 30.3. The summed E-state index contributed by atoms with van der Waals surface area (Å²) in [5.74, 6) is 0.291. The van der Waals surface area contributed by atoms with Gasteiger partial charge >= 0.3 is 6.18 Å². The maximum atomic E-state index is 13.1. The topological polar surface area (TPSA) is 105 Å². The van der Waals surface area contributed by atoms with Crippen LogP contribution >= 0.6 is 0 Å². The summed E-state index contributed by atoms with van der Waals surface area (Å²) in [5.41, 5.74) is 6.63. The molecular weight excluding hydrogens is 545 g/mol. The third-order valence-corrected chi connectivity index (χ3v) is 9.25. The maximum Gasteiger partial charge on any atom is 0.433 e. The van der Waals surface area contributed by atoms with Gasteiger partial charge in [0.2, 0.25) is 0 Å². The molecule has 1 spiro atoms. The number of piperidine rings is 2. The van der Waals surface area contributed by atoms with Crippen molar-refractivity contribution in [2.24, 2.45) is 16.3 Å². The van der Waals surface area contributed by atoms with E-state index in [0.717, 1.165) is 44.0 Å². The Morgan fingerprint density at radius 2 is 1.88 bits per heavy atom. The lowest BCUT2D eigenvalue weighted by Gasteiger charge is -2.44. The van der Waals surface area contributed by atoms with Gasteiger partial charge in [0.05, 0.1) is 18.8 Å². The van der Waals surface area contributed by atoms with Crippen LogP contribution in [0.5, 0.6) is 5.75 Å². The molecular formula is C31H41F3N6O2. The Bertz CT molecular complexity index is 1260. The number of amides is 1. The summed E-state index contributed by atoms with van der Waals surface area (Å²) in [6.07, 6.45) is 7.12. The number of hydrogen-bond donors (Lipinski definition) is 3. The minimum Gasteiger partial charge on any atom is -0.494 e. The van der Waals surface area contributed by atoms with Crippen LogP contribution in [0.25, 0.3) is 0 Å². The fourth-order valence-corrected chi connectivity index (χ4v) is 6.63. The smallest absolute Gasteiger partial charge is 0.433 e. The molecule has 1 amide bonds. The number of aliphatic imine (C=N–C) groups is 1. The molecule has 2 aromatic rings. The summed E-state index contributed by atoms with van der Waals surface area (Å²) in [6, 6.07) is 6.56. The largest absolute Gasteiger partial charge is 0.494 e. The second-order valence-corrected chi connectivity index (χ2v) is 12.0. The number of nitrogens with two attached hydrogens (primary N) is 1. The molecule has 0 unspecified atom stereocenters. The molecule has 0 bridgehead atoms. The van der Waals surface area contributed by atoms with E-state index in [9.17, 15) is 18.0 Å². The quantitative estimate of drug-likeness (QED) is 0.297. The molecule has 8 nitrogen and oxygen atoms in total. The highest BCUT2D eigenvalue weighted by Crippen LogP contribution is 2.45. The standard InChI is InChI=1S/C31H41F3N6O2/c1-42-27-18-24(35)22(17-26(27)39-29(41)25-3-2-4-28(38-25)31(32,33)34)19-37-23-7-15-40(16-8-23)20-21-5-9-30(10-6-21)11-13-36-14-12-30/h2-4,17-19,21,23,36H,5-16,20,35H2,1H3,(H,39,41). The van der Waals surface area contributed by atoms with Crippen molar-refractivity contribution in [2.75, 3.05) is 50.9 Å². The van der Waals surface area contributed by atoms with Crippen molar-refractivity contribution >= 4 is 23.5 Å². The van der Waals surface area contributed by atoms with E-state index in [1.54, 1.807) is 18.3 Å². The Hall–Kier alpha value is -3.18. The monoisotopic (exact) mass is 586 g/mol. The number of benzene rings is 1. The van der Waals surface area contributed by atoms with Crippen LogP contribution in [0.3, 0.4) is 0 Å². The van der Waals surface area contributed by atoms with Gasteiger partial charge in [0.15, 0.2) is 0 Å². The molecule has 11 heteroatoms. The highest BCUT2D eigenvalue weighted by atomic mass is 19.4. The van der Waals surface area contributed by atoms with Gasteiger partial charge in [-0.05, 0) is 94.0 Å². The molecule has 0 radical (unpaired) electrons. The summed E-state index contributed by atoms with van der Waals surface area (Å²) in [6.45, 7) is 5.58. The van der Waals surface area contributed by atoms with Gasteiger partial charge in [-0.1, -0.05) is 6.07 Å². The molecule has 4 N–H and O–H groups in total. The van der Waals surface area contributed by atoms with Crippen LogP contribution in [0.4, 0.5) is 24.5 Å². The highest BCUT2D eigenvalue weighted by molar-refractivity contribution is 6.04. The second-order valence-electron chi connectivity index (χ2n) is 12.0. The number of pyridine rings is 1. The normalized spacial score (nSPS) is 20.7. The Labute approximate surface area is 245 Å². The van der Waals surface area contributed by atoms with Gasteiger partial charge in [-0.2, -0.15) is 13.2 Å². The molecule has 5 rings (SSSR count). The first-order chi connectivity index (χ1) is 20.1. The molecule has 0 atom stereocenters. The lowest BCUT2D eigenvalue weighted by atomic mass is 9.65. The number of nitrogens with zero attached hydrogens (tertiary/aromatic N) is 3. The fraction of sp³-hybridized carbons (Fsp3) is 0.581. The van der Waals surface area contributed by atoms with E-state index in [1.165, 1.54) is 71.3 Å². The van der Waals surface area contributed by atoms with Gasteiger partial charge < -0.3 is 26.0 Å². The first-order valence-electron chi connectivity index (χ1n) is 14.9. The summed E-state index contributed by atoms with van der Waals surface area (Å²) in [4.78, 5) is 23.6. The molecule has 42 heavy (non-hydrogen) atoms. The zero-order valence-electron chi connectivity index (χ0n) is 24.2. The number of alkyl halides is 3. The van der Waals surface area contributed by atoms with E-state index in [2.05, 4.69) is 20.5 Å². The number of anilines is 2. The lowest BCUT2D eigenvalue weighted by Crippen LogP contribution is -2.42. The van der Waals surface area contributed by atoms with Gasteiger partial charge in [-0.15, -0.1) is 0 Å². The van der Waals surface area contributed by atoms with Crippen LogP contribution in [0.15, 0.2) is 35.3 Å². The Kier molecular flexibility index (Phi) is 9.37. The number of halogens is 3. The summed E-state index contributed by atoms with van der Waals surface area (Å²) in [5, 5.41) is 6.11. The van der Waals surface area contributed by atoms with Gasteiger partial charge in [0.1, 0.15) is 17.1 Å². The number of carbonyl (C=O) groups is 1. The minimum absolute atomic E-state index is 0.180. The van der Waals surface area contributed by atoms with Crippen LogP contribution in [0.2, 0.25) is 0 Å². The number of methoxy groups -OCH3 is 1. The number of nitrogen functional groups attached to an aromatic ring is 1. The van der Waals surface area contributed by atoms with E-state index >= 15 is 0 Å². The second kappa shape index (κ2) is 13.0. The molecule has 1 aromatic carbocycles. The van der Waals surface area contributed by atoms with Crippen molar-refractivity contribution in [3.05, 3.63) is 47.3 Å². The van der Waals surface area contributed by atoms with Gasteiger partial charge in [-0.3, -0.25) is 9.79 Å². The zero-order valence-corrected chi connectivity index (χ0v) is 24.2. The predicted octanol–water partition coefficient (Wildman–Crippen LogP) is 5.39. The third kappa shape index (κ3) is 7.42. The molecule has 1 saturated carbocycles. The van der Waals surface area contributed by atoms with E-state index in [4.69, 9.17) is 15.5 Å². The van der Waals surface area contributed by atoms with Crippen LogP contribution in [0.1, 0.15) is 73.1 Å². The Morgan fingerprint density at radius 1 is 1.17 bits per heavy atom. The number of likely N-dealkylation sites (tertiary alicyclic amines) is 1. The molecule has 3 heterocycles. The van der Waals surface area contributed by atoms with Crippen molar-refractivity contribution in [1.82, 2.24) is 15.2 Å². The summed E-state index contributed by atoms with van der Waals surface area (Å²) >= 11 is 0. The van der Waals surface area contributed by atoms with E-state index in [-0.39, 0.29) is 23.2 Å². The predicted molar refractivity (Wildman–Crippen MR) is 158 cm³/mol. The fourth-order valence-electron chi connectivity index (χ4n) is 6.63. The number of ether oxygens (including phenoxy) is 1. The number of hydrogen-bond acceptors (Lipinski definition) is 7. The molecule has 1 aliphatic carbocycles. The van der Waals surface area contributed by atoms with Crippen molar-refractivity contribution < 1.29 is 22.7 Å². The summed E-state index contributed by atoms with van der Waals surface area (Å²) < 4.78 is 44.5. The lowest BCUT2D eigenvalue weighted by molar-refractivity contribution is -0.141. The van der Waals surface area contributed by atoms with Crippen LogP contribution in [-0.4, -0.2) is 67.9 Å². The van der Waals surface area contributed by atoms with E-state index in [0.29, 0.717) is 16.7 Å². The summed E-state index contributed by atoms with van der Waals surface area (Å²) in [7, 11) is 1.42. The van der Waals surface area contributed by atoms with Crippen molar-refractivity contribution in [3.63, 3.8) is 0 Å². The molecule has 2 saturated heterocycles. The molecule has 3 aliphatic rings. The number of aromatic nitrogens is 1. The Morgan fingerprint density at radius 3 is 2.55 bits per heavy atom. The average Bonchev–Trinajstić information content (AvgIpc) is 2.99. The molecule has 1 aromatic heterocycles. The average molecular weight is 587 g/mol. The highest BCUT2D eigenvalue weighted by Gasteiger charge is 2.37. The maximum absolute atomic E-state index is 13.1. The van der Waals surface area contributed by atoms with E-state index in [1.807, 2.05) is 0 Å². The van der Waals surface area contributed by atoms with Crippen molar-refractivity contribution in [3.8, 4) is 5.75 Å². The van der Waals surface area contributed by atoms with Gasteiger partial charge in [-0.25, -0.2) is 4.98 Å². The molecule has 2 aliphatic heterocycles. The van der Waals surface area contributed by atoms with Gasteiger partial charge in [0.25, 0.3) is 5.91 Å². The number of carbonyl (C=O) groups excluding carboxylic acids is 1. The minimum atomic E-state index is -4.65. The number of rotatable bonds is 7. The SMILES string of the molecule is COc1cc(N)c(C=NC2CCN(CC3CCC4(CCNCC4)CC3)CC2)cc1NC(=O)c1cccc(C(F)(F)F)n1. The van der Waals surface area contributed by atoms with Gasteiger partial charge in [0, 0.05) is 43.2 Å². The molecule has 3 fully saturated rings. The van der Waals surface area contributed by atoms with Crippen LogP contribution < -0.4 is 21.1 Å². The van der Waals surface area contributed by atoms with E-state index < -0.39 is 17.8 Å². The van der Waals surface area contributed by atoms with Crippen LogP contribution in [-0.2, 0) is 6.18 Å². The third-order valence-electron chi connectivity index (χ3n) is 9.25. The van der Waals surface area contributed by atoms with Crippen molar-refractivity contribution in [1.29, 1.82) is 0 Å². The molecule has 228 valence electrons.